The molecule has 13 heteroatoms. The Bertz CT molecular complexity index is 1380. The highest BCUT2D eigenvalue weighted by atomic mass is 31.2. The second kappa shape index (κ2) is 46.8. The van der Waals surface area contributed by atoms with E-state index >= 15 is 0 Å². The Morgan fingerprint density at radius 2 is 0.843 bits per heavy atom. The molecule has 1 aliphatic rings. The summed E-state index contributed by atoms with van der Waals surface area (Å²) in [6.45, 7) is 4.16. The van der Waals surface area contributed by atoms with Crippen molar-refractivity contribution >= 4 is 13.8 Å². The predicted molar refractivity (Wildman–Crippen MR) is 285 cm³/mol. The molecule has 0 heterocycles. The van der Waals surface area contributed by atoms with E-state index < -0.39 is 63.1 Å². The van der Waals surface area contributed by atoms with Gasteiger partial charge in [0.25, 0.3) is 0 Å². The minimum absolute atomic E-state index is 0.0804. The lowest BCUT2D eigenvalue weighted by Crippen LogP contribution is -2.64. The number of esters is 1. The quantitative estimate of drug-likeness (QED) is 0.0146. The van der Waals surface area contributed by atoms with Gasteiger partial charge in [-0.1, -0.05) is 209 Å². The molecule has 0 radical (unpaired) electrons. The van der Waals surface area contributed by atoms with E-state index in [2.05, 4.69) is 74.6 Å². The summed E-state index contributed by atoms with van der Waals surface area (Å²) in [6.07, 6.45) is 48.5. The molecular weight excluding hydrogens is 908 g/mol. The first-order valence-corrected chi connectivity index (χ1v) is 29.6. The molecule has 1 aliphatic carbocycles. The Balaban J connectivity index is 2.29. The van der Waals surface area contributed by atoms with Gasteiger partial charge in [-0.05, 0) is 77.0 Å². The molecule has 1 fully saturated rings. The first-order valence-electron chi connectivity index (χ1n) is 28.1. The molecule has 1 rings (SSSR count). The Labute approximate surface area is 426 Å². The van der Waals surface area contributed by atoms with Crippen LogP contribution in [0.25, 0.3) is 0 Å². The van der Waals surface area contributed by atoms with Gasteiger partial charge in [-0.3, -0.25) is 13.8 Å². The molecular formula is C57H103O12P. The lowest BCUT2D eigenvalue weighted by atomic mass is 9.85. The maximum atomic E-state index is 12.9. The fourth-order valence-electron chi connectivity index (χ4n) is 8.46. The van der Waals surface area contributed by atoms with Crippen molar-refractivity contribution in [3.63, 3.8) is 0 Å². The lowest BCUT2D eigenvalue weighted by Gasteiger charge is -2.41. The highest BCUT2D eigenvalue weighted by Gasteiger charge is 2.51. The third kappa shape index (κ3) is 37.7. The highest BCUT2D eigenvalue weighted by molar-refractivity contribution is 7.47. The molecule has 0 aliphatic heterocycles. The first kappa shape index (κ1) is 66.1. The molecule has 0 aromatic heterocycles. The number of ether oxygens (including phenoxy) is 2. The molecule has 0 amide bonds. The Kier molecular flexibility index (Phi) is 44.2. The summed E-state index contributed by atoms with van der Waals surface area (Å²) in [5.74, 6) is -0.480. The number of phosphoric acid groups is 1. The molecule has 12 nitrogen and oxygen atoms in total. The number of allylic oxidation sites excluding steroid dienone is 10. The third-order valence-electron chi connectivity index (χ3n) is 12.9. The summed E-state index contributed by atoms with van der Waals surface area (Å²) in [5.41, 5.74) is 0. The molecule has 0 saturated heterocycles. The Morgan fingerprint density at radius 3 is 1.30 bits per heavy atom. The number of carbonyl (C=O) groups is 1. The van der Waals surface area contributed by atoms with Gasteiger partial charge in [-0.25, -0.2) is 4.57 Å². The number of carbonyl (C=O) groups excluding carboxylic acids is 1. The van der Waals surface area contributed by atoms with Crippen LogP contribution < -0.4 is 0 Å². The van der Waals surface area contributed by atoms with E-state index in [1.165, 1.54) is 135 Å². The summed E-state index contributed by atoms with van der Waals surface area (Å²) in [7, 11) is -5.03. The van der Waals surface area contributed by atoms with Crippen molar-refractivity contribution in [2.24, 2.45) is 0 Å². The second-order valence-corrected chi connectivity index (χ2v) is 20.8. The van der Waals surface area contributed by atoms with Crippen LogP contribution in [-0.4, -0.2) is 98.9 Å². The van der Waals surface area contributed by atoms with Gasteiger partial charge < -0.3 is 39.9 Å². The summed E-state index contributed by atoms with van der Waals surface area (Å²) in [4.78, 5) is 23.3. The van der Waals surface area contributed by atoms with Crippen LogP contribution in [0.5, 0.6) is 0 Å². The van der Waals surface area contributed by atoms with Crippen LogP contribution in [0.3, 0.4) is 0 Å². The number of phosphoric ester groups is 1. The van der Waals surface area contributed by atoms with E-state index in [1.54, 1.807) is 0 Å². The largest absolute Gasteiger partial charge is 0.472 e. The molecule has 0 spiro atoms. The van der Waals surface area contributed by atoms with E-state index in [1.807, 2.05) is 0 Å². The third-order valence-corrected chi connectivity index (χ3v) is 13.9. The molecule has 0 aromatic carbocycles. The fourth-order valence-corrected chi connectivity index (χ4v) is 9.43. The Hall–Kier alpha value is -1.96. The fraction of sp³-hybridized carbons (Fsp3) is 0.807. The first-order chi connectivity index (χ1) is 34.0. The van der Waals surface area contributed by atoms with E-state index in [0.29, 0.717) is 13.0 Å². The van der Waals surface area contributed by atoms with Crippen molar-refractivity contribution in [2.45, 2.75) is 275 Å². The number of aliphatic hydroxyl groups is 5. The SMILES string of the molecule is CC/C=C\C/C=C\C/C=C\C/C=C\CCCCCCCCCCCCCOCC(COP(=O)(O)OC1C(O)C(O)C(O)C(O)C1O)OC(=O)CCCCCCCCCCC/C=C\CCCCCCCC. The van der Waals surface area contributed by atoms with E-state index in [9.17, 15) is 39.8 Å². The minimum Gasteiger partial charge on any atom is -0.457 e. The smallest absolute Gasteiger partial charge is 0.457 e. The number of aliphatic hydroxyl groups excluding tert-OH is 5. The summed E-state index contributed by atoms with van der Waals surface area (Å²) in [5, 5.41) is 50.4. The Morgan fingerprint density at radius 1 is 0.471 bits per heavy atom. The van der Waals surface area contributed by atoms with Gasteiger partial charge in [0.05, 0.1) is 13.2 Å². The average molecular weight is 1010 g/mol. The molecule has 408 valence electrons. The topological polar surface area (TPSA) is 192 Å². The molecule has 0 bridgehead atoms. The maximum Gasteiger partial charge on any atom is 0.472 e. The van der Waals surface area contributed by atoms with Crippen molar-refractivity contribution in [1.29, 1.82) is 0 Å². The zero-order valence-corrected chi connectivity index (χ0v) is 45.0. The van der Waals surface area contributed by atoms with Crippen molar-refractivity contribution in [1.82, 2.24) is 0 Å². The van der Waals surface area contributed by atoms with E-state index in [-0.39, 0.29) is 13.0 Å². The van der Waals surface area contributed by atoms with Crippen LogP contribution in [0, 0.1) is 0 Å². The van der Waals surface area contributed by atoms with Gasteiger partial charge in [-0.2, -0.15) is 0 Å². The average Bonchev–Trinajstić information content (AvgIpc) is 3.35. The number of hydrogen-bond donors (Lipinski definition) is 6. The summed E-state index contributed by atoms with van der Waals surface area (Å²) >= 11 is 0. The zero-order valence-electron chi connectivity index (χ0n) is 44.1. The van der Waals surface area contributed by atoms with Gasteiger partial charge in [0.15, 0.2) is 0 Å². The molecule has 0 aromatic rings. The number of unbranched alkanes of at least 4 members (excludes halogenated alkanes) is 26. The lowest BCUT2D eigenvalue weighted by molar-refractivity contribution is -0.220. The zero-order chi connectivity index (χ0) is 51.2. The van der Waals surface area contributed by atoms with Crippen LogP contribution in [0.1, 0.15) is 232 Å². The minimum atomic E-state index is -5.03. The highest BCUT2D eigenvalue weighted by Crippen LogP contribution is 2.47. The number of rotatable bonds is 48. The van der Waals surface area contributed by atoms with E-state index in [4.69, 9.17) is 18.5 Å². The monoisotopic (exact) mass is 1010 g/mol. The van der Waals surface area contributed by atoms with Crippen LogP contribution in [-0.2, 0) is 27.9 Å². The molecule has 1 saturated carbocycles. The maximum absolute atomic E-state index is 12.9. The van der Waals surface area contributed by atoms with E-state index in [0.717, 1.165) is 70.6 Å². The number of hydrogen-bond acceptors (Lipinski definition) is 11. The normalized spacial score (nSPS) is 21.3. The second-order valence-electron chi connectivity index (χ2n) is 19.4. The molecule has 6 N–H and O–H groups in total. The predicted octanol–water partition coefficient (Wildman–Crippen LogP) is 13.3. The van der Waals surface area contributed by atoms with Crippen molar-refractivity contribution < 1.29 is 58.3 Å². The van der Waals surface area contributed by atoms with Gasteiger partial charge in [0.2, 0.25) is 0 Å². The van der Waals surface area contributed by atoms with Gasteiger partial charge >= 0.3 is 13.8 Å². The van der Waals surface area contributed by atoms with Gasteiger partial charge in [0.1, 0.15) is 42.7 Å². The molecule has 70 heavy (non-hydrogen) atoms. The van der Waals surface area contributed by atoms with Crippen molar-refractivity contribution in [2.75, 3.05) is 19.8 Å². The van der Waals surface area contributed by atoms with Crippen molar-refractivity contribution in [3.05, 3.63) is 60.8 Å². The van der Waals surface area contributed by atoms with Crippen LogP contribution in [0.15, 0.2) is 60.8 Å². The van der Waals surface area contributed by atoms with Crippen LogP contribution in [0.2, 0.25) is 0 Å². The summed E-state index contributed by atoms with van der Waals surface area (Å²) < 4.78 is 34.4. The molecule has 6 atom stereocenters. The summed E-state index contributed by atoms with van der Waals surface area (Å²) in [6, 6.07) is 0. The van der Waals surface area contributed by atoms with Crippen molar-refractivity contribution in [3.8, 4) is 0 Å². The standard InChI is InChI=1S/C57H103O12P/c1-3-5-7-9-11-13-15-17-19-21-23-24-25-26-27-29-31-33-35-37-39-41-43-45-47-66-48-50(49-67-70(64,65)69-57-55(62)53(60)52(59)54(61)56(57)63)68-51(58)46-44-42-40-38-36-34-32-30-28-22-20-18-16-14-12-10-8-6-4-2/h5,7,11,13,17-20,23-24,50,52-57,59-63H,3-4,6,8-10,12,14-16,21-22,25-49H2,1-2H3,(H,64,65)/b7-5-,13-11-,19-17-,20-18-,24-23-. The van der Waals surface area contributed by atoms with Crippen LogP contribution >= 0.6 is 7.82 Å². The van der Waals surface area contributed by atoms with Gasteiger partial charge in [0, 0.05) is 13.0 Å². The molecule has 6 unspecified atom stereocenters. The van der Waals surface area contributed by atoms with Gasteiger partial charge in [-0.15, -0.1) is 0 Å². The van der Waals surface area contributed by atoms with Crippen LogP contribution in [0.4, 0.5) is 0 Å².